The SMILES string of the molecule is c1cc2c(c(Cc3ccn(C4CCCC4)n3)c1)NCCC2. The van der Waals surface area contributed by atoms with Crippen LogP contribution in [0.25, 0.3) is 0 Å². The molecule has 4 rings (SSSR count). The van der Waals surface area contributed by atoms with Gasteiger partial charge in [-0.3, -0.25) is 4.68 Å². The van der Waals surface area contributed by atoms with Gasteiger partial charge in [-0.05, 0) is 42.9 Å². The molecule has 110 valence electrons. The fourth-order valence-electron chi connectivity index (χ4n) is 3.77. The molecule has 3 nitrogen and oxygen atoms in total. The third-order valence-electron chi connectivity index (χ3n) is 4.90. The van der Waals surface area contributed by atoms with Crippen LogP contribution >= 0.6 is 0 Å². The number of nitrogens with one attached hydrogen (secondary N) is 1. The summed E-state index contributed by atoms with van der Waals surface area (Å²) in [7, 11) is 0. The van der Waals surface area contributed by atoms with Crippen LogP contribution in [0.3, 0.4) is 0 Å². The first-order valence-electron chi connectivity index (χ1n) is 8.29. The van der Waals surface area contributed by atoms with Crippen molar-refractivity contribution < 1.29 is 0 Å². The highest BCUT2D eigenvalue weighted by Crippen LogP contribution is 2.30. The van der Waals surface area contributed by atoms with Gasteiger partial charge < -0.3 is 5.32 Å². The van der Waals surface area contributed by atoms with Gasteiger partial charge in [-0.15, -0.1) is 0 Å². The molecule has 0 unspecified atom stereocenters. The lowest BCUT2D eigenvalue weighted by atomic mass is 9.97. The maximum atomic E-state index is 4.83. The average Bonchev–Trinajstić information content (AvgIpc) is 3.18. The molecular weight excluding hydrogens is 258 g/mol. The summed E-state index contributed by atoms with van der Waals surface area (Å²) in [5.41, 5.74) is 5.42. The first-order chi connectivity index (χ1) is 10.4. The summed E-state index contributed by atoms with van der Waals surface area (Å²) in [5, 5.41) is 8.40. The second-order valence-electron chi connectivity index (χ2n) is 6.38. The van der Waals surface area contributed by atoms with Crippen LogP contribution in [0.1, 0.15) is 55.0 Å². The molecule has 0 radical (unpaired) electrons. The van der Waals surface area contributed by atoms with Crippen LogP contribution in [0.5, 0.6) is 0 Å². The van der Waals surface area contributed by atoms with Gasteiger partial charge in [0.25, 0.3) is 0 Å². The van der Waals surface area contributed by atoms with Gasteiger partial charge in [0.05, 0.1) is 11.7 Å². The van der Waals surface area contributed by atoms with Crippen LogP contribution < -0.4 is 5.32 Å². The number of aryl methyl sites for hydroxylation is 1. The van der Waals surface area contributed by atoms with Gasteiger partial charge in [-0.25, -0.2) is 0 Å². The number of anilines is 1. The predicted octanol–water partition coefficient (Wildman–Crippen LogP) is 3.95. The summed E-state index contributed by atoms with van der Waals surface area (Å²) in [4.78, 5) is 0. The fourth-order valence-corrected chi connectivity index (χ4v) is 3.77. The van der Waals surface area contributed by atoms with Crippen LogP contribution in [-0.2, 0) is 12.8 Å². The van der Waals surface area contributed by atoms with Crippen molar-refractivity contribution in [3.05, 3.63) is 47.3 Å². The predicted molar refractivity (Wildman–Crippen MR) is 85.8 cm³/mol. The molecule has 1 fully saturated rings. The minimum absolute atomic E-state index is 0.640. The highest BCUT2D eigenvalue weighted by atomic mass is 15.3. The summed E-state index contributed by atoms with van der Waals surface area (Å²) in [5.74, 6) is 0. The standard InChI is InChI=1S/C18H23N3/c1-2-9-17(8-1)21-12-10-16(20-21)13-15-6-3-5-14-7-4-11-19-18(14)15/h3,5-6,10,12,17,19H,1-2,4,7-9,11,13H2. The van der Waals surface area contributed by atoms with Gasteiger partial charge >= 0.3 is 0 Å². The molecule has 2 aromatic rings. The lowest BCUT2D eigenvalue weighted by Gasteiger charge is -2.21. The summed E-state index contributed by atoms with van der Waals surface area (Å²) in [6.07, 6.45) is 10.9. The van der Waals surface area contributed by atoms with Crippen molar-refractivity contribution in [3.63, 3.8) is 0 Å². The van der Waals surface area contributed by atoms with Gasteiger partial charge in [0, 0.05) is 24.8 Å². The largest absolute Gasteiger partial charge is 0.385 e. The second-order valence-corrected chi connectivity index (χ2v) is 6.38. The zero-order chi connectivity index (χ0) is 14.1. The first kappa shape index (κ1) is 12.9. The Morgan fingerprint density at radius 3 is 2.95 bits per heavy atom. The van der Waals surface area contributed by atoms with E-state index in [0.29, 0.717) is 6.04 Å². The van der Waals surface area contributed by atoms with Crippen molar-refractivity contribution >= 4 is 5.69 Å². The van der Waals surface area contributed by atoms with Crippen molar-refractivity contribution in [2.75, 3.05) is 11.9 Å². The number of benzene rings is 1. The van der Waals surface area contributed by atoms with Crippen molar-refractivity contribution in [1.29, 1.82) is 0 Å². The molecule has 0 spiro atoms. The molecule has 0 bridgehead atoms. The van der Waals surface area contributed by atoms with Crippen LogP contribution in [0.4, 0.5) is 5.69 Å². The van der Waals surface area contributed by atoms with Gasteiger partial charge in [-0.1, -0.05) is 31.0 Å². The smallest absolute Gasteiger partial charge is 0.0669 e. The minimum Gasteiger partial charge on any atom is -0.385 e. The number of hydrogen-bond acceptors (Lipinski definition) is 2. The van der Waals surface area contributed by atoms with Crippen molar-refractivity contribution in [2.45, 2.75) is 51.0 Å². The molecule has 1 aliphatic carbocycles. The monoisotopic (exact) mass is 281 g/mol. The summed E-state index contributed by atoms with van der Waals surface area (Å²) in [6, 6.07) is 9.52. The zero-order valence-corrected chi connectivity index (χ0v) is 12.5. The Morgan fingerprint density at radius 2 is 2.05 bits per heavy atom. The molecule has 21 heavy (non-hydrogen) atoms. The number of fused-ring (bicyclic) bond motifs is 1. The van der Waals surface area contributed by atoms with E-state index in [1.807, 2.05) is 0 Å². The quantitative estimate of drug-likeness (QED) is 0.923. The molecule has 1 aliphatic heterocycles. The molecule has 1 N–H and O–H groups in total. The Morgan fingerprint density at radius 1 is 1.14 bits per heavy atom. The van der Waals surface area contributed by atoms with Crippen LogP contribution in [0, 0.1) is 0 Å². The highest BCUT2D eigenvalue weighted by molar-refractivity contribution is 5.60. The Labute approximate surface area is 126 Å². The fraction of sp³-hybridized carbons (Fsp3) is 0.500. The van der Waals surface area contributed by atoms with Crippen molar-refractivity contribution in [2.24, 2.45) is 0 Å². The lowest BCUT2D eigenvalue weighted by Crippen LogP contribution is -2.14. The van der Waals surface area contributed by atoms with Crippen LogP contribution in [-0.4, -0.2) is 16.3 Å². The third kappa shape index (κ3) is 2.57. The van der Waals surface area contributed by atoms with E-state index in [2.05, 4.69) is 40.5 Å². The van der Waals surface area contributed by atoms with E-state index in [-0.39, 0.29) is 0 Å². The van der Waals surface area contributed by atoms with Gasteiger partial charge in [-0.2, -0.15) is 5.10 Å². The Bertz CT molecular complexity index is 623. The van der Waals surface area contributed by atoms with Crippen LogP contribution in [0.15, 0.2) is 30.5 Å². The van der Waals surface area contributed by atoms with Crippen LogP contribution in [0.2, 0.25) is 0 Å². The molecule has 0 atom stereocenters. The number of nitrogens with zero attached hydrogens (tertiary/aromatic N) is 2. The van der Waals surface area contributed by atoms with Gasteiger partial charge in [0.1, 0.15) is 0 Å². The highest BCUT2D eigenvalue weighted by Gasteiger charge is 2.18. The average molecular weight is 281 g/mol. The summed E-state index contributed by atoms with van der Waals surface area (Å²) < 4.78 is 2.20. The maximum Gasteiger partial charge on any atom is 0.0669 e. The molecule has 1 saturated carbocycles. The van der Waals surface area contributed by atoms with E-state index >= 15 is 0 Å². The normalized spacial score (nSPS) is 18.5. The second kappa shape index (κ2) is 5.55. The first-order valence-corrected chi connectivity index (χ1v) is 8.29. The van der Waals surface area contributed by atoms with E-state index in [1.54, 1.807) is 0 Å². The third-order valence-corrected chi connectivity index (χ3v) is 4.90. The molecule has 1 aromatic carbocycles. The zero-order valence-electron chi connectivity index (χ0n) is 12.5. The molecular formula is C18H23N3. The molecule has 0 amide bonds. The van der Waals surface area contributed by atoms with E-state index in [1.165, 1.54) is 61.0 Å². The number of hydrogen-bond donors (Lipinski definition) is 1. The lowest BCUT2D eigenvalue weighted by molar-refractivity contribution is 0.463. The van der Waals surface area contributed by atoms with E-state index < -0.39 is 0 Å². The van der Waals surface area contributed by atoms with E-state index in [0.717, 1.165) is 13.0 Å². The van der Waals surface area contributed by atoms with Gasteiger partial charge in [0.2, 0.25) is 0 Å². The number of aromatic nitrogens is 2. The van der Waals surface area contributed by atoms with Crippen molar-refractivity contribution in [3.8, 4) is 0 Å². The molecule has 1 aromatic heterocycles. The Kier molecular flexibility index (Phi) is 3.42. The molecule has 2 aliphatic rings. The van der Waals surface area contributed by atoms with Crippen molar-refractivity contribution in [1.82, 2.24) is 9.78 Å². The molecule has 0 saturated heterocycles. The molecule has 3 heteroatoms. The minimum atomic E-state index is 0.640. The van der Waals surface area contributed by atoms with E-state index in [9.17, 15) is 0 Å². The molecule has 2 heterocycles. The van der Waals surface area contributed by atoms with Gasteiger partial charge in [0.15, 0.2) is 0 Å². The number of para-hydroxylation sites is 1. The van der Waals surface area contributed by atoms with E-state index in [4.69, 9.17) is 5.10 Å². The topological polar surface area (TPSA) is 29.9 Å². The number of rotatable bonds is 3. The summed E-state index contributed by atoms with van der Waals surface area (Å²) >= 11 is 0. The Balaban J connectivity index is 1.56. The summed E-state index contributed by atoms with van der Waals surface area (Å²) in [6.45, 7) is 1.10. The maximum absolute atomic E-state index is 4.83. The Hall–Kier alpha value is -1.77.